The SMILES string of the molecule is O=C(C(=O)C1(c2ccccc2)OC1(C(=O)c1ccccc1)c1ccccn1)c1ccccc1. The lowest BCUT2D eigenvalue weighted by Gasteiger charge is -2.19. The zero-order valence-electron chi connectivity index (χ0n) is 17.5. The second-order valence-corrected chi connectivity index (χ2v) is 7.76. The van der Waals surface area contributed by atoms with Gasteiger partial charge in [0.2, 0.25) is 28.6 Å². The first-order valence-electron chi connectivity index (χ1n) is 10.5. The molecule has 3 aromatic carbocycles. The van der Waals surface area contributed by atoms with Gasteiger partial charge in [0.1, 0.15) is 0 Å². The van der Waals surface area contributed by atoms with E-state index in [0.29, 0.717) is 11.1 Å². The number of hydrogen-bond donors (Lipinski definition) is 0. The number of hydrogen-bond acceptors (Lipinski definition) is 5. The van der Waals surface area contributed by atoms with Crippen molar-refractivity contribution in [3.05, 3.63) is 138 Å². The van der Waals surface area contributed by atoms with Gasteiger partial charge in [-0.05, 0) is 17.7 Å². The number of carbonyl (C=O) groups excluding carboxylic acids is 3. The minimum atomic E-state index is -1.83. The number of nitrogens with zero attached hydrogens (tertiary/aromatic N) is 1. The van der Waals surface area contributed by atoms with E-state index in [4.69, 9.17) is 4.74 Å². The smallest absolute Gasteiger partial charge is 0.243 e. The van der Waals surface area contributed by atoms with Crippen LogP contribution in [-0.4, -0.2) is 22.3 Å². The number of aromatic nitrogens is 1. The van der Waals surface area contributed by atoms with Crippen molar-refractivity contribution in [2.75, 3.05) is 0 Å². The lowest BCUT2D eigenvalue weighted by Crippen LogP contribution is -2.40. The van der Waals surface area contributed by atoms with Gasteiger partial charge in [-0.2, -0.15) is 0 Å². The van der Waals surface area contributed by atoms with Gasteiger partial charge < -0.3 is 4.74 Å². The van der Waals surface area contributed by atoms with Crippen LogP contribution < -0.4 is 0 Å². The number of rotatable bonds is 7. The van der Waals surface area contributed by atoms with E-state index in [0.717, 1.165) is 0 Å². The highest BCUT2D eigenvalue weighted by Gasteiger charge is 2.81. The van der Waals surface area contributed by atoms with Gasteiger partial charge in [-0.1, -0.05) is 97.1 Å². The van der Waals surface area contributed by atoms with Crippen LogP contribution in [-0.2, 0) is 20.7 Å². The Balaban J connectivity index is 1.73. The maximum absolute atomic E-state index is 14.0. The zero-order valence-corrected chi connectivity index (χ0v) is 17.5. The van der Waals surface area contributed by atoms with Crippen molar-refractivity contribution in [1.82, 2.24) is 4.98 Å². The van der Waals surface area contributed by atoms with Crippen LogP contribution >= 0.6 is 0 Å². The van der Waals surface area contributed by atoms with Crippen LogP contribution in [0.4, 0.5) is 0 Å². The number of Topliss-reactive ketones (excluding diaryl/α,β-unsaturated/α-hetero) is 3. The van der Waals surface area contributed by atoms with Crippen LogP contribution in [0.15, 0.2) is 115 Å². The second kappa shape index (κ2) is 8.04. The quantitative estimate of drug-likeness (QED) is 0.243. The third kappa shape index (κ3) is 3.13. The summed E-state index contributed by atoms with van der Waals surface area (Å²) >= 11 is 0. The van der Waals surface area contributed by atoms with E-state index >= 15 is 0 Å². The molecule has 0 bridgehead atoms. The van der Waals surface area contributed by atoms with E-state index in [9.17, 15) is 14.4 Å². The standard InChI is InChI=1S/C28H19NO4/c30-24(20-12-4-1-5-13-20)26(32)27(22-16-8-3-9-17-22)28(33-27,23-18-10-11-19-29-23)25(31)21-14-6-2-7-15-21/h1-19H. The van der Waals surface area contributed by atoms with Gasteiger partial charge >= 0.3 is 0 Å². The summed E-state index contributed by atoms with van der Waals surface area (Å²) in [6.07, 6.45) is 1.54. The molecule has 1 saturated heterocycles. The zero-order chi connectivity index (χ0) is 22.9. The van der Waals surface area contributed by atoms with E-state index in [-0.39, 0.29) is 11.3 Å². The summed E-state index contributed by atoms with van der Waals surface area (Å²) in [4.78, 5) is 45.6. The van der Waals surface area contributed by atoms with Crippen LogP contribution in [0, 0.1) is 0 Å². The topological polar surface area (TPSA) is 76.6 Å². The molecule has 5 nitrogen and oxygen atoms in total. The molecule has 5 rings (SSSR count). The van der Waals surface area contributed by atoms with Crippen molar-refractivity contribution < 1.29 is 19.1 Å². The molecule has 4 aromatic rings. The molecule has 0 radical (unpaired) electrons. The summed E-state index contributed by atoms with van der Waals surface area (Å²) in [5, 5.41) is 0. The molecule has 5 heteroatoms. The fourth-order valence-corrected chi connectivity index (χ4v) is 4.28. The molecule has 1 aliphatic rings. The first-order chi connectivity index (χ1) is 16.1. The first-order valence-corrected chi connectivity index (χ1v) is 10.5. The summed E-state index contributed by atoms with van der Waals surface area (Å²) in [7, 11) is 0. The van der Waals surface area contributed by atoms with Crippen LogP contribution in [0.25, 0.3) is 0 Å². The maximum atomic E-state index is 14.0. The fraction of sp³-hybridized carbons (Fsp3) is 0.0714. The molecule has 0 amide bonds. The molecule has 1 aliphatic heterocycles. The predicted octanol–water partition coefficient (Wildman–Crippen LogP) is 4.54. The highest BCUT2D eigenvalue weighted by Crippen LogP contribution is 2.64. The second-order valence-electron chi connectivity index (χ2n) is 7.76. The summed E-state index contributed by atoms with van der Waals surface area (Å²) in [5.41, 5.74) is -2.30. The van der Waals surface area contributed by atoms with Crippen LogP contribution in [0.2, 0.25) is 0 Å². The van der Waals surface area contributed by atoms with Crippen LogP contribution in [0.3, 0.4) is 0 Å². The van der Waals surface area contributed by atoms with Crippen LogP contribution in [0.5, 0.6) is 0 Å². The van der Waals surface area contributed by atoms with Crippen molar-refractivity contribution in [2.45, 2.75) is 11.2 Å². The Kier molecular flexibility index (Phi) is 5.04. The highest BCUT2D eigenvalue weighted by atomic mass is 16.6. The minimum Gasteiger partial charge on any atom is -0.333 e. The molecule has 1 fully saturated rings. The highest BCUT2D eigenvalue weighted by molar-refractivity contribution is 6.48. The van der Waals surface area contributed by atoms with E-state index in [1.807, 2.05) is 0 Å². The molecule has 2 atom stereocenters. The maximum Gasteiger partial charge on any atom is 0.243 e. The lowest BCUT2D eigenvalue weighted by molar-refractivity contribution is -0.120. The summed E-state index contributed by atoms with van der Waals surface area (Å²) < 4.78 is 6.20. The largest absolute Gasteiger partial charge is 0.333 e. The third-order valence-corrected chi connectivity index (χ3v) is 5.88. The van der Waals surface area contributed by atoms with Gasteiger partial charge in [-0.3, -0.25) is 19.4 Å². The van der Waals surface area contributed by atoms with Crippen molar-refractivity contribution >= 4 is 17.3 Å². The number of ether oxygens (including phenoxy) is 1. The predicted molar refractivity (Wildman–Crippen MR) is 122 cm³/mol. The summed E-state index contributed by atoms with van der Waals surface area (Å²) in [5.74, 6) is -1.96. The van der Waals surface area contributed by atoms with E-state index in [1.54, 1.807) is 109 Å². The van der Waals surface area contributed by atoms with Gasteiger partial charge in [0.25, 0.3) is 0 Å². The molecule has 2 heterocycles. The molecule has 160 valence electrons. The van der Waals surface area contributed by atoms with E-state index in [1.165, 1.54) is 6.20 Å². The van der Waals surface area contributed by atoms with E-state index < -0.39 is 28.6 Å². The number of pyridine rings is 1. The van der Waals surface area contributed by atoms with Gasteiger partial charge in [-0.15, -0.1) is 0 Å². The average molecular weight is 433 g/mol. The van der Waals surface area contributed by atoms with Crippen LogP contribution in [0.1, 0.15) is 32.0 Å². The van der Waals surface area contributed by atoms with Crippen molar-refractivity contribution in [3.8, 4) is 0 Å². The van der Waals surface area contributed by atoms with Gasteiger partial charge in [0.05, 0.1) is 5.69 Å². The Labute approximate surface area is 190 Å². The monoisotopic (exact) mass is 433 g/mol. The average Bonchev–Trinajstić information content (AvgIpc) is 3.62. The number of epoxide rings is 1. The Hall–Kier alpha value is -4.22. The number of carbonyl (C=O) groups is 3. The molecule has 33 heavy (non-hydrogen) atoms. The third-order valence-electron chi connectivity index (χ3n) is 5.88. The Morgan fingerprint density at radius 1 is 0.606 bits per heavy atom. The fourth-order valence-electron chi connectivity index (χ4n) is 4.28. The molecular formula is C28H19NO4. The summed E-state index contributed by atoms with van der Waals surface area (Å²) in [6.45, 7) is 0. The Morgan fingerprint density at radius 2 is 1.15 bits per heavy atom. The van der Waals surface area contributed by atoms with Gasteiger partial charge in [-0.25, -0.2) is 0 Å². The summed E-state index contributed by atoms with van der Waals surface area (Å²) in [6, 6.07) is 30.6. The van der Waals surface area contributed by atoms with Gasteiger partial charge in [0.15, 0.2) is 0 Å². The number of ketones is 3. The molecule has 1 aromatic heterocycles. The molecule has 0 aliphatic carbocycles. The molecular weight excluding hydrogens is 414 g/mol. The normalized spacial score (nSPS) is 21.2. The molecule has 2 unspecified atom stereocenters. The minimum absolute atomic E-state index is 0.232. The molecule has 0 spiro atoms. The molecule has 0 saturated carbocycles. The van der Waals surface area contributed by atoms with Gasteiger partial charge in [0, 0.05) is 17.3 Å². The van der Waals surface area contributed by atoms with Crippen molar-refractivity contribution in [3.63, 3.8) is 0 Å². The first kappa shape index (κ1) is 20.7. The molecule has 0 N–H and O–H groups in total. The number of benzene rings is 3. The van der Waals surface area contributed by atoms with Crippen molar-refractivity contribution in [2.24, 2.45) is 0 Å². The Morgan fingerprint density at radius 3 is 1.73 bits per heavy atom. The lowest BCUT2D eigenvalue weighted by atomic mass is 9.75. The van der Waals surface area contributed by atoms with E-state index in [2.05, 4.69) is 4.98 Å². The Bertz CT molecular complexity index is 1320. The van der Waals surface area contributed by atoms with Crippen molar-refractivity contribution in [1.29, 1.82) is 0 Å².